The maximum atomic E-state index is 6.33. The van der Waals surface area contributed by atoms with Gasteiger partial charge in [0.2, 0.25) is 6.79 Å². The molecule has 1 aromatic rings. The smallest absolute Gasteiger partial charge is 0.231 e. The third-order valence-corrected chi connectivity index (χ3v) is 5.09. The van der Waals surface area contributed by atoms with Gasteiger partial charge in [0.25, 0.3) is 0 Å². The Morgan fingerprint density at radius 1 is 1.05 bits per heavy atom. The van der Waals surface area contributed by atoms with Crippen LogP contribution in [-0.4, -0.2) is 12.8 Å². The maximum Gasteiger partial charge on any atom is 0.231 e. The summed E-state index contributed by atoms with van der Waals surface area (Å²) in [7, 11) is 0. The average molecular weight is 310 g/mol. The van der Waals surface area contributed by atoms with Gasteiger partial charge in [-0.1, -0.05) is 32.4 Å². The second kappa shape index (κ2) is 5.60. The van der Waals surface area contributed by atoms with Crippen molar-refractivity contribution in [1.29, 1.82) is 0 Å². The Kier molecular flexibility index (Phi) is 3.96. The fraction of sp³-hybridized carbons (Fsp3) is 0.647. The summed E-state index contributed by atoms with van der Waals surface area (Å²) in [5.74, 6) is 2.34. The largest absolute Gasteiger partial charge is 0.454 e. The minimum Gasteiger partial charge on any atom is -0.454 e. The number of fused-ring (bicyclic) bond motifs is 1. The van der Waals surface area contributed by atoms with Crippen molar-refractivity contribution in [3.05, 3.63) is 17.2 Å². The highest BCUT2D eigenvalue weighted by Gasteiger charge is 2.30. The zero-order valence-electron chi connectivity index (χ0n) is 13.0. The number of hydrogen-bond donors (Lipinski definition) is 1. The molecule has 0 atom stereocenters. The second-order valence-electron chi connectivity index (χ2n) is 7.24. The molecule has 116 valence electrons. The van der Waals surface area contributed by atoms with Crippen LogP contribution in [0.4, 0.5) is 5.69 Å². The standard InChI is InChI=1S/C17H24ClNO2/c1-17(2,3)11-4-6-12(7-5-11)19-14-9-16-15(8-13(14)18)20-10-21-16/h8-9,11-12,19H,4-7,10H2,1-3H3. The Morgan fingerprint density at radius 3 is 2.29 bits per heavy atom. The van der Waals surface area contributed by atoms with Crippen LogP contribution in [0.15, 0.2) is 12.1 Å². The quantitative estimate of drug-likeness (QED) is 0.826. The molecule has 0 saturated heterocycles. The molecule has 1 aliphatic heterocycles. The Balaban J connectivity index is 1.63. The van der Waals surface area contributed by atoms with E-state index in [1.54, 1.807) is 0 Å². The molecule has 3 nitrogen and oxygen atoms in total. The van der Waals surface area contributed by atoms with E-state index < -0.39 is 0 Å². The molecule has 21 heavy (non-hydrogen) atoms. The zero-order valence-corrected chi connectivity index (χ0v) is 13.8. The van der Waals surface area contributed by atoms with Crippen LogP contribution in [0.5, 0.6) is 11.5 Å². The van der Waals surface area contributed by atoms with Crippen LogP contribution in [0, 0.1) is 11.3 Å². The minimum absolute atomic E-state index is 0.284. The summed E-state index contributed by atoms with van der Waals surface area (Å²) in [6, 6.07) is 4.30. The van der Waals surface area contributed by atoms with Crippen molar-refractivity contribution in [3.8, 4) is 11.5 Å². The van der Waals surface area contributed by atoms with E-state index in [1.807, 2.05) is 12.1 Å². The van der Waals surface area contributed by atoms with Crippen molar-refractivity contribution in [2.45, 2.75) is 52.5 Å². The first-order valence-electron chi connectivity index (χ1n) is 7.79. The van der Waals surface area contributed by atoms with Crippen LogP contribution in [0.1, 0.15) is 46.5 Å². The van der Waals surface area contributed by atoms with Crippen LogP contribution < -0.4 is 14.8 Å². The lowest BCUT2D eigenvalue weighted by Crippen LogP contribution is -2.31. The van der Waals surface area contributed by atoms with Gasteiger partial charge in [-0.25, -0.2) is 0 Å². The average Bonchev–Trinajstić information content (AvgIpc) is 2.86. The van der Waals surface area contributed by atoms with E-state index in [-0.39, 0.29) is 6.79 Å². The van der Waals surface area contributed by atoms with Crippen molar-refractivity contribution in [2.75, 3.05) is 12.1 Å². The van der Waals surface area contributed by atoms with Gasteiger partial charge >= 0.3 is 0 Å². The van der Waals surface area contributed by atoms with Gasteiger partial charge in [-0.05, 0) is 37.0 Å². The molecular weight excluding hydrogens is 286 g/mol. The molecule has 0 aromatic heterocycles. The van der Waals surface area contributed by atoms with Gasteiger partial charge in [0, 0.05) is 18.2 Å². The van der Waals surface area contributed by atoms with Gasteiger partial charge in [-0.3, -0.25) is 0 Å². The normalized spacial score (nSPS) is 25.0. The summed E-state index contributed by atoms with van der Waals surface area (Å²) in [6.45, 7) is 7.33. The number of anilines is 1. The number of halogens is 1. The molecule has 1 saturated carbocycles. The Morgan fingerprint density at radius 2 is 1.67 bits per heavy atom. The Hall–Kier alpha value is -1.09. The summed E-state index contributed by atoms with van der Waals surface area (Å²) in [6.07, 6.45) is 4.96. The third-order valence-electron chi connectivity index (χ3n) is 4.77. The number of benzene rings is 1. The molecule has 0 bridgehead atoms. The molecule has 1 aliphatic carbocycles. The SMILES string of the molecule is CC(C)(C)C1CCC(Nc2cc3c(cc2Cl)OCO3)CC1. The van der Waals surface area contributed by atoms with E-state index in [1.165, 1.54) is 25.7 Å². The van der Waals surface area contributed by atoms with E-state index in [0.717, 1.165) is 23.1 Å². The molecule has 2 aliphatic rings. The van der Waals surface area contributed by atoms with Gasteiger partial charge in [-0.2, -0.15) is 0 Å². The highest BCUT2D eigenvalue weighted by Crippen LogP contribution is 2.42. The van der Waals surface area contributed by atoms with Crippen LogP contribution in [0.2, 0.25) is 5.02 Å². The van der Waals surface area contributed by atoms with Crippen molar-refractivity contribution in [2.24, 2.45) is 11.3 Å². The molecule has 0 amide bonds. The Bertz CT molecular complexity index is 516. The Labute approximate surface area is 132 Å². The molecule has 0 unspecified atom stereocenters. The fourth-order valence-corrected chi connectivity index (χ4v) is 3.56. The molecule has 1 fully saturated rings. The minimum atomic E-state index is 0.284. The van der Waals surface area contributed by atoms with E-state index in [4.69, 9.17) is 21.1 Å². The van der Waals surface area contributed by atoms with Crippen LogP contribution >= 0.6 is 11.6 Å². The summed E-state index contributed by atoms with van der Waals surface area (Å²) >= 11 is 6.33. The molecule has 0 spiro atoms. The summed E-state index contributed by atoms with van der Waals surface area (Å²) in [4.78, 5) is 0. The maximum absolute atomic E-state index is 6.33. The molecule has 4 heteroatoms. The van der Waals surface area contributed by atoms with E-state index >= 15 is 0 Å². The van der Waals surface area contributed by atoms with Crippen molar-refractivity contribution in [1.82, 2.24) is 0 Å². The van der Waals surface area contributed by atoms with Crippen molar-refractivity contribution < 1.29 is 9.47 Å². The third kappa shape index (κ3) is 3.23. The molecule has 1 heterocycles. The van der Waals surface area contributed by atoms with Crippen LogP contribution in [0.25, 0.3) is 0 Å². The predicted octanol–water partition coefficient (Wildman–Crippen LogP) is 5.09. The molecule has 3 rings (SSSR count). The predicted molar refractivity (Wildman–Crippen MR) is 86.4 cm³/mol. The first-order valence-corrected chi connectivity index (χ1v) is 8.17. The van der Waals surface area contributed by atoms with Gasteiger partial charge in [-0.15, -0.1) is 0 Å². The van der Waals surface area contributed by atoms with Crippen LogP contribution in [0.3, 0.4) is 0 Å². The highest BCUT2D eigenvalue weighted by atomic mass is 35.5. The van der Waals surface area contributed by atoms with Crippen molar-refractivity contribution in [3.63, 3.8) is 0 Å². The molecule has 0 radical (unpaired) electrons. The second-order valence-corrected chi connectivity index (χ2v) is 7.65. The highest BCUT2D eigenvalue weighted by molar-refractivity contribution is 6.33. The summed E-state index contributed by atoms with van der Waals surface area (Å²) in [5, 5.41) is 4.29. The van der Waals surface area contributed by atoms with Gasteiger partial charge in [0.05, 0.1) is 10.7 Å². The van der Waals surface area contributed by atoms with E-state index in [2.05, 4.69) is 26.1 Å². The molecule has 1 N–H and O–H groups in total. The zero-order chi connectivity index (χ0) is 15.0. The first kappa shape index (κ1) is 14.8. The first-order chi connectivity index (χ1) is 9.93. The number of ether oxygens (including phenoxy) is 2. The number of rotatable bonds is 2. The lowest BCUT2D eigenvalue weighted by atomic mass is 9.71. The van der Waals surface area contributed by atoms with Gasteiger partial charge in [0.1, 0.15) is 0 Å². The van der Waals surface area contributed by atoms with Gasteiger partial charge in [0.15, 0.2) is 11.5 Å². The monoisotopic (exact) mass is 309 g/mol. The van der Waals surface area contributed by atoms with E-state index in [0.29, 0.717) is 16.5 Å². The lowest BCUT2D eigenvalue weighted by Gasteiger charge is -2.37. The fourth-order valence-electron chi connectivity index (χ4n) is 3.35. The number of hydrogen-bond acceptors (Lipinski definition) is 3. The van der Waals surface area contributed by atoms with Gasteiger partial charge < -0.3 is 14.8 Å². The van der Waals surface area contributed by atoms with Crippen LogP contribution in [-0.2, 0) is 0 Å². The lowest BCUT2D eigenvalue weighted by molar-refractivity contribution is 0.173. The van der Waals surface area contributed by atoms with Crippen molar-refractivity contribution >= 4 is 17.3 Å². The van der Waals surface area contributed by atoms with E-state index in [9.17, 15) is 0 Å². The molecular formula is C17H24ClNO2. The molecule has 1 aromatic carbocycles. The summed E-state index contributed by atoms with van der Waals surface area (Å²) < 4.78 is 10.8. The topological polar surface area (TPSA) is 30.5 Å². The summed E-state index contributed by atoms with van der Waals surface area (Å²) in [5.41, 5.74) is 1.38. The number of nitrogens with one attached hydrogen (secondary N) is 1.